The summed E-state index contributed by atoms with van der Waals surface area (Å²) in [6.45, 7) is 4.32. The minimum atomic E-state index is 0.938. The first-order valence-electron chi connectivity index (χ1n) is 6.74. The number of nitrogens with zero attached hydrogens (tertiary/aromatic N) is 1. The Morgan fingerprint density at radius 3 is 2.58 bits per heavy atom. The molecule has 0 saturated heterocycles. The van der Waals surface area contributed by atoms with Crippen LogP contribution in [0.1, 0.15) is 24.5 Å². The van der Waals surface area contributed by atoms with Gasteiger partial charge < -0.3 is 4.52 Å². The van der Waals surface area contributed by atoms with Crippen LogP contribution < -0.4 is 0 Å². The number of aryl methyl sites for hydroxylation is 2. The maximum Gasteiger partial charge on any atom is 0.170 e. The molecule has 2 aromatic carbocycles. The molecule has 96 valence electrons. The Labute approximate surface area is 113 Å². The molecule has 0 spiro atoms. The van der Waals surface area contributed by atoms with Gasteiger partial charge in [0.2, 0.25) is 0 Å². The van der Waals surface area contributed by atoms with Gasteiger partial charge in [-0.3, -0.25) is 0 Å². The third-order valence-corrected chi connectivity index (χ3v) is 3.53. The molecule has 0 amide bonds. The standard InChI is InChI=1S/C17H17NO/c1-3-7-14-12(2)10-11-15-16(18-19-17(14)15)13-8-5-4-6-9-13/h4-6,8-11H,3,7H2,1-2H3. The molecular weight excluding hydrogens is 234 g/mol. The quantitative estimate of drug-likeness (QED) is 0.671. The lowest BCUT2D eigenvalue weighted by molar-refractivity contribution is 0.456. The van der Waals surface area contributed by atoms with Crippen molar-refractivity contribution in [3.8, 4) is 11.3 Å². The van der Waals surface area contributed by atoms with Gasteiger partial charge in [-0.2, -0.15) is 0 Å². The summed E-state index contributed by atoms with van der Waals surface area (Å²) in [6.07, 6.45) is 2.15. The summed E-state index contributed by atoms with van der Waals surface area (Å²) in [5.41, 5.74) is 5.56. The van der Waals surface area contributed by atoms with Crippen molar-refractivity contribution in [3.63, 3.8) is 0 Å². The topological polar surface area (TPSA) is 26.0 Å². The van der Waals surface area contributed by atoms with Gasteiger partial charge in [-0.15, -0.1) is 0 Å². The van der Waals surface area contributed by atoms with Crippen LogP contribution in [0.2, 0.25) is 0 Å². The van der Waals surface area contributed by atoms with E-state index in [1.165, 1.54) is 11.1 Å². The number of hydrogen-bond acceptors (Lipinski definition) is 2. The van der Waals surface area contributed by atoms with Crippen LogP contribution in [0.4, 0.5) is 0 Å². The second kappa shape index (κ2) is 4.88. The summed E-state index contributed by atoms with van der Waals surface area (Å²) >= 11 is 0. The molecule has 0 aliphatic carbocycles. The SMILES string of the molecule is CCCc1c(C)ccc2c(-c3ccccc3)noc12. The minimum absolute atomic E-state index is 0.938. The Hall–Kier alpha value is -2.09. The number of aromatic nitrogens is 1. The van der Waals surface area contributed by atoms with E-state index in [2.05, 4.69) is 43.3 Å². The van der Waals surface area contributed by atoms with E-state index >= 15 is 0 Å². The molecule has 0 aliphatic heterocycles. The molecular formula is C17H17NO. The highest BCUT2D eigenvalue weighted by atomic mass is 16.5. The van der Waals surface area contributed by atoms with Gasteiger partial charge in [-0.25, -0.2) is 0 Å². The third-order valence-electron chi connectivity index (χ3n) is 3.53. The van der Waals surface area contributed by atoms with E-state index in [4.69, 9.17) is 4.52 Å². The molecule has 0 aliphatic rings. The fourth-order valence-corrected chi connectivity index (χ4v) is 2.52. The highest BCUT2D eigenvalue weighted by Gasteiger charge is 2.14. The second-order valence-electron chi connectivity index (χ2n) is 4.88. The molecule has 1 heterocycles. The summed E-state index contributed by atoms with van der Waals surface area (Å²) in [7, 11) is 0. The van der Waals surface area contributed by atoms with E-state index < -0.39 is 0 Å². The van der Waals surface area contributed by atoms with Crippen LogP contribution in [0.5, 0.6) is 0 Å². The first-order valence-corrected chi connectivity index (χ1v) is 6.74. The van der Waals surface area contributed by atoms with Gasteiger partial charge in [0.15, 0.2) is 5.58 Å². The molecule has 3 rings (SSSR count). The predicted octanol–water partition coefficient (Wildman–Crippen LogP) is 4.76. The average Bonchev–Trinajstić information content (AvgIpc) is 2.87. The average molecular weight is 251 g/mol. The summed E-state index contributed by atoms with van der Waals surface area (Å²) in [4.78, 5) is 0. The normalized spacial score (nSPS) is 11.1. The molecule has 0 unspecified atom stereocenters. The first-order chi connectivity index (χ1) is 9.31. The van der Waals surface area contributed by atoms with E-state index in [-0.39, 0.29) is 0 Å². The van der Waals surface area contributed by atoms with Gasteiger partial charge in [0.25, 0.3) is 0 Å². The minimum Gasteiger partial charge on any atom is -0.355 e. The monoisotopic (exact) mass is 251 g/mol. The lowest BCUT2D eigenvalue weighted by atomic mass is 9.99. The van der Waals surface area contributed by atoms with Gasteiger partial charge in [0, 0.05) is 11.1 Å². The van der Waals surface area contributed by atoms with Gasteiger partial charge in [-0.1, -0.05) is 54.9 Å². The van der Waals surface area contributed by atoms with Crippen molar-refractivity contribution in [1.82, 2.24) is 5.16 Å². The lowest BCUT2D eigenvalue weighted by Crippen LogP contribution is -1.89. The third kappa shape index (κ3) is 2.03. The van der Waals surface area contributed by atoms with E-state index in [0.29, 0.717) is 0 Å². The maximum absolute atomic E-state index is 5.62. The van der Waals surface area contributed by atoms with Crippen molar-refractivity contribution in [1.29, 1.82) is 0 Å². The first kappa shape index (κ1) is 12.0. The summed E-state index contributed by atoms with van der Waals surface area (Å²) in [5, 5.41) is 5.39. The van der Waals surface area contributed by atoms with Crippen LogP contribution >= 0.6 is 0 Å². The fourth-order valence-electron chi connectivity index (χ4n) is 2.52. The Bertz CT molecular complexity index is 698. The molecule has 3 aromatic rings. The Balaban J connectivity index is 2.22. The van der Waals surface area contributed by atoms with Crippen LogP contribution in [0.25, 0.3) is 22.2 Å². The van der Waals surface area contributed by atoms with E-state index in [0.717, 1.165) is 35.1 Å². The Morgan fingerprint density at radius 1 is 1.05 bits per heavy atom. The van der Waals surface area contributed by atoms with Crippen LogP contribution in [-0.2, 0) is 6.42 Å². The van der Waals surface area contributed by atoms with Crippen LogP contribution in [0, 0.1) is 6.92 Å². The zero-order valence-corrected chi connectivity index (χ0v) is 11.3. The Kier molecular flexibility index (Phi) is 3.08. The van der Waals surface area contributed by atoms with Crippen molar-refractivity contribution < 1.29 is 4.52 Å². The molecule has 0 radical (unpaired) electrons. The molecule has 19 heavy (non-hydrogen) atoms. The highest BCUT2D eigenvalue weighted by Crippen LogP contribution is 2.31. The van der Waals surface area contributed by atoms with E-state index in [9.17, 15) is 0 Å². The van der Waals surface area contributed by atoms with Gasteiger partial charge in [0.1, 0.15) is 5.69 Å². The molecule has 2 heteroatoms. The lowest BCUT2D eigenvalue weighted by Gasteiger charge is -2.04. The Morgan fingerprint density at radius 2 is 1.84 bits per heavy atom. The van der Waals surface area contributed by atoms with Crippen molar-refractivity contribution in [2.75, 3.05) is 0 Å². The molecule has 0 bridgehead atoms. The maximum atomic E-state index is 5.62. The molecule has 2 nitrogen and oxygen atoms in total. The second-order valence-corrected chi connectivity index (χ2v) is 4.88. The number of hydrogen-bond donors (Lipinski definition) is 0. The summed E-state index contributed by atoms with van der Waals surface area (Å²) in [6, 6.07) is 14.5. The number of fused-ring (bicyclic) bond motifs is 1. The van der Waals surface area contributed by atoms with E-state index in [1.54, 1.807) is 0 Å². The highest BCUT2D eigenvalue weighted by molar-refractivity contribution is 5.93. The number of rotatable bonds is 3. The summed E-state index contributed by atoms with van der Waals surface area (Å²) in [5.74, 6) is 0. The zero-order chi connectivity index (χ0) is 13.2. The van der Waals surface area contributed by atoms with Crippen molar-refractivity contribution in [2.24, 2.45) is 0 Å². The van der Waals surface area contributed by atoms with Crippen molar-refractivity contribution in [3.05, 3.63) is 53.6 Å². The van der Waals surface area contributed by atoms with Gasteiger partial charge >= 0.3 is 0 Å². The van der Waals surface area contributed by atoms with Crippen LogP contribution in [0.15, 0.2) is 47.0 Å². The van der Waals surface area contributed by atoms with Crippen LogP contribution in [-0.4, -0.2) is 5.16 Å². The van der Waals surface area contributed by atoms with Crippen LogP contribution in [0.3, 0.4) is 0 Å². The molecule has 0 fully saturated rings. The largest absolute Gasteiger partial charge is 0.355 e. The van der Waals surface area contributed by atoms with Gasteiger partial charge in [-0.05, 0) is 25.0 Å². The molecule has 0 N–H and O–H groups in total. The fraction of sp³-hybridized carbons (Fsp3) is 0.235. The van der Waals surface area contributed by atoms with Crippen molar-refractivity contribution >= 4 is 11.0 Å². The van der Waals surface area contributed by atoms with E-state index in [1.807, 2.05) is 18.2 Å². The smallest absolute Gasteiger partial charge is 0.170 e. The molecule has 0 atom stereocenters. The molecule has 1 aromatic heterocycles. The van der Waals surface area contributed by atoms with Crippen molar-refractivity contribution in [2.45, 2.75) is 26.7 Å². The zero-order valence-electron chi connectivity index (χ0n) is 11.3. The predicted molar refractivity (Wildman–Crippen MR) is 78.2 cm³/mol. The number of benzene rings is 2. The summed E-state index contributed by atoms with van der Waals surface area (Å²) < 4.78 is 5.62. The molecule has 0 saturated carbocycles. The van der Waals surface area contributed by atoms with Gasteiger partial charge in [0.05, 0.1) is 5.39 Å².